The average molecular weight is 386 g/mol. The SMILES string of the molecule is COc1ccc(CCCNC(=O)[C@H](C)Oc2ccccc2C(C)C)cc1OC. The molecule has 1 amide bonds. The summed E-state index contributed by atoms with van der Waals surface area (Å²) in [6.07, 6.45) is 1.13. The third-order valence-electron chi connectivity index (χ3n) is 4.60. The molecule has 0 spiro atoms. The molecule has 2 rings (SSSR count). The number of methoxy groups -OCH3 is 2. The van der Waals surface area contributed by atoms with Gasteiger partial charge in [-0.2, -0.15) is 0 Å². The van der Waals surface area contributed by atoms with E-state index in [0.29, 0.717) is 18.2 Å². The molecule has 0 radical (unpaired) electrons. The van der Waals surface area contributed by atoms with Gasteiger partial charge in [-0.25, -0.2) is 0 Å². The maximum atomic E-state index is 12.4. The van der Waals surface area contributed by atoms with Crippen LogP contribution in [0.25, 0.3) is 0 Å². The van der Waals surface area contributed by atoms with Crippen LogP contribution in [-0.2, 0) is 11.2 Å². The zero-order chi connectivity index (χ0) is 20.5. The smallest absolute Gasteiger partial charge is 0.260 e. The van der Waals surface area contributed by atoms with Crippen LogP contribution >= 0.6 is 0 Å². The van der Waals surface area contributed by atoms with Gasteiger partial charge in [-0.1, -0.05) is 38.1 Å². The van der Waals surface area contributed by atoms with Crippen molar-refractivity contribution in [2.24, 2.45) is 0 Å². The summed E-state index contributed by atoms with van der Waals surface area (Å²) < 4.78 is 16.5. The highest BCUT2D eigenvalue weighted by Gasteiger charge is 2.16. The topological polar surface area (TPSA) is 56.8 Å². The fourth-order valence-electron chi connectivity index (χ4n) is 2.99. The van der Waals surface area contributed by atoms with Gasteiger partial charge < -0.3 is 19.5 Å². The molecule has 0 aliphatic rings. The van der Waals surface area contributed by atoms with E-state index in [2.05, 4.69) is 19.2 Å². The van der Waals surface area contributed by atoms with E-state index >= 15 is 0 Å². The highest BCUT2D eigenvalue weighted by atomic mass is 16.5. The largest absolute Gasteiger partial charge is 0.493 e. The van der Waals surface area contributed by atoms with Gasteiger partial charge in [-0.05, 0) is 55.0 Å². The highest BCUT2D eigenvalue weighted by Crippen LogP contribution is 2.28. The van der Waals surface area contributed by atoms with Crippen LogP contribution < -0.4 is 19.5 Å². The van der Waals surface area contributed by atoms with Crippen LogP contribution in [0.4, 0.5) is 0 Å². The Hall–Kier alpha value is -2.69. The number of hydrogen-bond donors (Lipinski definition) is 1. The predicted molar refractivity (Wildman–Crippen MR) is 111 cm³/mol. The Morgan fingerprint density at radius 2 is 1.68 bits per heavy atom. The molecule has 0 aliphatic heterocycles. The van der Waals surface area contributed by atoms with Crippen molar-refractivity contribution in [3.05, 3.63) is 53.6 Å². The van der Waals surface area contributed by atoms with Gasteiger partial charge in [0.05, 0.1) is 14.2 Å². The zero-order valence-electron chi connectivity index (χ0n) is 17.5. The zero-order valence-corrected chi connectivity index (χ0v) is 17.5. The van der Waals surface area contributed by atoms with E-state index in [1.165, 1.54) is 0 Å². The number of para-hydroxylation sites is 1. The number of carbonyl (C=O) groups excluding carboxylic acids is 1. The van der Waals surface area contributed by atoms with Crippen molar-refractivity contribution in [2.75, 3.05) is 20.8 Å². The molecule has 2 aromatic carbocycles. The maximum absolute atomic E-state index is 12.4. The number of rotatable bonds is 10. The number of carbonyl (C=O) groups is 1. The fourth-order valence-corrected chi connectivity index (χ4v) is 2.99. The number of hydrogen-bond acceptors (Lipinski definition) is 4. The Kier molecular flexibility index (Phi) is 8.18. The quantitative estimate of drug-likeness (QED) is 0.618. The Morgan fingerprint density at radius 3 is 2.36 bits per heavy atom. The number of nitrogens with one attached hydrogen (secondary N) is 1. The van der Waals surface area contributed by atoms with E-state index in [9.17, 15) is 4.79 Å². The molecule has 0 saturated heterocycles. The lowest BCUT2D eigenvalue weighted by Crippen LogP contribution is -2.37. The minimum absolute atomic E-state index is 0.106. The van der Waals surface area contributed by atoms with E-state index in [-0.39, 0.29) is 5.91 Å². The molecule has 0 aromatic heterocycles. The lowest BCUT2D eigenvalue weighted by molar-refractivity contribution is -0.127. The van der Waals surface area contributed by atoms with Crippen molar-refractivity contribution in [3.63, 3.8) is 0 Å². The Morgan fingerprint density at radius 1 is 0.964 bits per heavy atom. The molecule has 1 N–H and O–H groups in total. The van der Waals surface area contributed by atoms with Gasteiger partial charge in [-0.15, -0.1) is 0 Å². The lowest BCUT2D eigenvalue weighted by atomic mass is 10.0. The molecule has 1 atom stereocenters. The van der Waals surface area contributed by atoms with Crippen LogP contribution in [0.3, 0.4) is 0 Å². The van der Waals surface area contributed by atoms with E-state index < -0.39 is 6.10 Å². The molecule has 0 unspecified atom stereocenters. The van der Waals surface area contributed by atoms with Crippen LogP contribution in [0.15, 0.2) is 42.5 Å². The molecule has 152 valence electrons. The monoisotopic (exact) mass is 385 g/mol. The summed E-state index contributed by atoms with van der Waals surface area (Å²) in [5, 5.41) is 2.95. The molecule has 5 heteroatoms. The summed E-state index contributed by atoms with van der Waals surface area (Å²) in [5.74, 6) is 2.44. The molecule has 5 nitrogen and oxygen atoms in total. The van der Waals surface area contributed by atoms with Crippen molar-refractivity contribution in [1.82, 2.24) is 5.32 Å². The summed E-state index contributed by atoms with van der Waals surface area (Å²) >= 11 is 0. The van der Waals surface area contributed by atoms with Crippen molar-refractivity contribution in [1.29, 1.82) is 0 Å². The summed E-state index contributed by atoms with van der Waals surface area (Å²) in [7, 11) is 3.25. The van der Waals surface area contributed by atoms with Crippen molar-refractivity contribution >= 4 is 5.91 Å². The average Bonchev–Trinajstić information content (AvgIpc) is 2.70. The fraction of sp³-hybridized carbons (Fsp3) is 0.435. The van der Waals surface area contributed by atoms with Crippen LogP contribution in [0.1, 0.15) is 44.2 Å². The standard InChI is InChI=1S/C23H31NO4/c1-16(2)19-10-6-7-11-20(19)28-17(3)23(25)24-14-8-9-18-12-13-21(26-4)22(15-18)27-5/h6-7,10-13,15-17H,8-9,14H2,1-5H3,(H,24,25)/t17-/m0/s1. The second-order valence-electron chi connectivity index (χ2n) is 7.04. The summed E-state index contributed by atoms with van der Waals surface area (Å²) in [6, 6.07) is 13.7. The lowest BCUT2D eigenvalue weighted by Gasteiger charge is -2.18. The van der Waals surface area contributed by atoms with E-state index in [4.69, 9.17) is 14.2 Å². The third-order valence-corrected chi connectivity index (χ3v) is 4.60. The molecule has 0 bridgehead atoms. The highest BCUT2D eigenvalue weighted by molar-refractivity contribution is 5.80. The molecule has 2 aromatic rings. The van der Waals surface area contributed by atoms with E-state index in [1.807, 2.05) is 42.5 Å². The van der Waals surface area contributed by atoms with Gasteiger partial charge >= 0.3 is 0 Å². The third kappa shape index (κ3) is 5.91. The number of amides is 1. The predicted octanol–water partition coefficient (Wildman–Crippen LogP) is 4.34. The van der Waals surface area contributed by atoms with E-state index in [1.54, 1.807) is 21.1 Å². The molecule has 0 saturated carbocycles. The van der Waals surface area contributed by atoms with Gasteiger partial charge in [0.2, 0.25) is 0 Å². The summed E-state index contributed by atoms with van der Waals surface area (Å²) in [6.45, 7) is 6.59. The van der Waals surface area contributed by atoms with Crippen molar-refractivity contribution < 1.29 is 19.0 Å². The van der Waals surface area contributed by atoms with Gasteiger partial charge in [0.25, 0.3) is 5.91 Å². The van der Waals surface area contributed by atoms with Gasteiger partial charge in [-0.3, -0.25) is 4.79 Å². The van der Waals surface area contributed by atoms with Crippen LogP contribution in [-0.4, -0.2) is 32.8 Å². The van der Waals surface area contributed by atoms with Crippen LogP contribution in [0, 0.1) is 0 Å². The summed E-state index contributed by atoms with van der Waals surface area (Å²) in [5.41, 5.74) is 2.25. The second kappa shape index (κ2) is 10.6. The van der Waals surface area contributed by atoms with Crippen LogP contribution in [0.5, 0.6) is 17.2 Å². The van der Waals surface area contributed by atoms with Crippen LogP contribution in [0.2, 0.25) is 0 Å². The van der Waals surface area contributed by atoms with Crippen molar-refractivity contribution in [2.45, 2.75) is 45.6 Å². The van der Waals surface area contributed by atoms with Gasteiger partial charge in [0.1, 0.15) is 5.75 Å². The number of aryl methyl sites for hydroxylation is 1. The van der Waals surface area contributed by atoms with Gasteiger partial charge in [0.15, 0.2) is 17.6 Å². The molecule has 28 heavy (non-hydrogen) atoms. The Balaban J connectivity index is 1.81. The van der Waals surface area contributed by atoms with Gasteiger partial charge in [0, 0.05) is 6.54 Å². The maximum Gasteiger partial charge on any atom is 0.260 e. The molecule has 0 heterocycles. The van der Waals surface area contributed by atoms with Crippen molar-refractivity contribution in [3.8, 4) is 17.2 Å². The second-order valence-corrected chi connectivity index (χ2v) is 7.04. The first-order valence-corrected chi connectivity index (χ1v) is 9.70. The first-order chi connectivity index (χ1) is 13.5. The normalized spacial score (nSPS) is 11.8. The molecule has 0 fully saturated rings. The minimum atomic E-state index is -0.541. The minimum Gasteiger partial charge on any atom is -0.493 e. The Labute approximate surface area is 168 Å². The molecule has 0 aliphatic carbocycles. The number of ether oxygens (including phenoxy) is 3. The molecular weight excluding hydrogens is 354 g/mol. The first kappa shape index (κ1) is 21.6. The first-order valence-electron chi connectivity index (χ1n) is 9.70. The summed E-state index contributed by atoms with van der Waals surface area (Å²) in [4.78, 5) is 12.4. The van der Waals surface area contributed by atoms with E-state index in [0.717, 1.165) is 35.5 Å². The molecular formula is C23H31NO4. The Bertz CT molecular complexity index is 773. The number of benzene rings is 2.